The highest BCUT2D eigenvalue weighted by atomic mass is 16.5. The molecule has 0 aliphatic rings. The number of methoxy groups -OCH3 is 1. The fourth-order valence-electron chi connectivity index (χ4n) is 2.54. The molecule has 0 fully saturated rings. The van der Waals surface area contributed by atoms with Crippen LogP contribution in [0.2, 0.25) is 0 Å². The molecule has 3 heterocycles. The highest BCUT2D eigenvalue weighted by Gasteiger charge is 2.20. The second-order valence-corrected chi connectivity index (χ2v) is 5.18. The fraction of sp³-hybridized carbons (Fsp3) is 0.188. The molecule has 0 aliphatic carbocycles. The molecule has 0 saturated carbocycles. The van der Waals surface area contributed by atoms with E-state index in [1.165, 1.54) is 0 Å². The Balaban J connectivity index is 1.82. The van der Waals surface area contributed by atoms with E-state index >= 15 is 0 Å². The van der Waals surface area contributed by atoms with Crippen LogP contribution in [0.4, 0.5) is 0 Å². The van der Waals surface area contributed by atoms with E-state index in [9.17, 15) is 0 Å². The SMILES string of the molecule is COc1ccc2oc(-c3noc(-c4ccnn4C)n3)c(C)c2c1. The molecule has 3 aromatic heterocycles. The molecule has 1 aromatic carbocycles. The Morgan fingerprint density at radius 3 is 2.83 bits per heavy atom. The molecule has 0 bridgehead atoms. The summed E-state index contributed by atoms with van der Waals surface area (Å²) >= 11 is 0. The number of fused-ring (bicyclic) bond motifs is 1. The number of nitrogens with zero attached hydrogens (tertiary/aromatic N) is 4. The lowest BCUT2D eigenvalue weighted by Crippen LogP contribution is -1.93. The van der Waals surface area contributed by atoms with Crippen LogP contribution in [0.25, 0.3) is 34.1 Å². The number of rotatable bonds is 3. The van der Waals surface area contributed by atoms with E-state index in [1.807, 2.05) is 38.2 Å². The van der Waals surface area contributed by atoms with Gasteiger partial charge in [-0.3, -0.25) is 4.68 Å². The van der Waals surface area contributed by atoms with Crippen molar-refractivity contribution in [3.05, 3.63) is 36.0 Å². The Morgan fingerprint density at radius 2 is 2.09 bits per heavy atom. The monoisotopic (exact) mass is 310 g/mol. The number of hydrogen-bond acceptors (Lipinski definition) is 6. The van der Waals surface area contributed by atoms with Gasteiger partial charge in [0.05, 0.1) is 7.11 Å². The minimum absolute atomic E-state index is 0.400. The minimum Gasteiger partial charge on any atom is -0.497 e. The van der Waals surface area contributed by atoms with Crippen LogP contribution in [0.1, 0.15) is 5.56 Å². The van der Waals surface area contributed by atoms with Crippen molar-refractivity contribution in [2.24, 2.45) is 7.05 Å². The number of benzene rings is 1. The zero-order valence-electron chi connectivity index (χ0n) is 12.9. The Hall–Kier alpha value is -3.09. The van der Waals surface area contributed by atoms with Crippen molar-refractivity contribution >= 4 is 11.0 Å². The first kappa shape index (κ1) is 13.6. The lowest BCUT2D eigenvalue weighted by atomic mass is 10.1. The molecule has 7 heteroatoms. The second kappa shape index (κ2) is 4.98. The van der Waals surface area contributed by atoms with E-state index in [2.05, 4.69) is 15.2 Å². The van der Waals surface area contributed by atoms with Gasteiger partial charge in [-0.2, -0.15) is 10.1 Å². The van der Waals surface area contributed by atoms with E-state index in [4.69, 9.17) is 13.7 Å². The summed E-state index contributed by atoms with van der Waals surface area (Å²) in [6.07, 6.45) is 1.68. The Labute approximate surface area is 131 Å². The molecule has 0 saturated heterocycles. The molecule has 4 rings (SSSR count). The molecular formula is C16H14N4O3. The van der Waals surface area contributed by atoms with Gasteiger partial charge < -0.3 is 13.7 Å². The van der Waals surface area contributed by atoms with Crippen molar-refractivity contribution in [2.75, 3.05) is 7.11 Å². The van der Waals surface area contributed by atoms with Crippen molar-refractivity contribution < 1.29 is 13.7 Å². The van der Waals surface area contributed by atoms with E-state index in [0.717, 1.165) is 28.0 Å². The quantitative estimate of drug-likeness (QED) is 0.578. The number of furan rings is 1. The molecule has 0 spiro atoms. The summed E-state index contributed by atoms with van der Waals surface area (Å²) in [4.78, 5) is 4.42. The number of aryl methyl sites for hydroxylation is 2. The average molecular weight is 310 g/mol. The van der Waals surface area contributed by atoms with E-state index in [1.54, 1.807) is 18.0 Å². The number of aromatic nitrogens is 4. The minimum atomic E-state index is 0.400. The third-order valence-corrected chi connectivity index (χ3v) is 3.81. The summed E-state index contributed by atoms with van der Waals surface area (Å²) in [6.45, 7) is 1.96. The standard InChI is InChI=1S/C16H14N4O3/c1-9-11-8-10(21-3)4-5-13(11)22-14(9)15-18-16(23-19-15)12-6-7-17-20(12)2/h4-8H,1-3H3. The molecule has 0 N–H and O–H groups in total. The Bertz CT molecular complexity index is 996. The summed E-state index contributed by atoms with van der Waals surface area (Å²) < 4.78 is 18.1. The summed E-state index contributed by atoms with van der Waals surface area (Å²) in [7, 11) is 3.45. The molecule has 0 amide bonds. The zero-order chi connectivity index (χ0) is 16.0. The van der Waals surface area contributed by atoms with E-state index in [0.29, 0.717) is 17.5 Å². The number of ether oxygens (including phenoxy) is 1. The lowest BCUT2D eigenvalue weighted by molar-refractivity contribution is 0.415. The maximum atomic E-state index is 5.88. The van der Waals surface area contributed by atoms with Crippen LogP contribution < -0.4 is 4.74 Å². The van der Waals surface area contributed by atoms with Gasteiger partial charge in [0.25, 0.3) is 5.89 Å². The topological polar surface area (TPSA) is 79.1 Å². The van der Waals surface area contributed by atoms with Crippen LogP contribution in [-0.4, -0.2) is 27.0 Å². The van der Waals surface area contributed by atoms with E-state index in [-0.39, 0.29) is 0 Å². The lowest BCUT2D eigenvalue weighted by Gasteiger charge is -1.97. The van der Waals surface area contributed by atoms with Crippen LogP contribution in [0.5, 0.6) is 5.75 Å². The van der Waals surface area contributed by atoms with Crippen LogP contribution >= 0.6 is 0 Å². The fourth-order valence-corrected chi connectivity index (χ4v) is 2.54. The van der Waals surface area contributed by atoms with Crippen molar-refractivity contribution in [3.63, 3.8) is 0 Å². The van der Waals surface area contributed by atoms with Crippen LogP contribution in [-0.2, 0) is 7.05 Å². The molecule has 7 nitrogen and oxygen atoms in total. The van der Waals surface area contributed by atoms with Gasteiger partial charge in [-0.05, 0) is 31.2 Å². The molecule has 116 valence electrons. The molecule has 0 unspecified atom stereocenters. The average Bonchev–Trinajstić information content (AvgIpc) is 3.26. The summed E-state index contributed by atoms with van der Waals surface area (Å²) in [5.74, 6) is 2.17. The van der Waals surface area contributed by atoms with Crippen molar-refractivity contribution in [1.29, 1.82) is 0 Å². The molecule has 0 aliphatic heterocycles. The normalized spacial score (nSPS) is 11.3. The predicted octanol–water partition coefficient (Wildman–Crippen LogP) is 3.20. The summed E-state index contributed by atoms with van der Waals surface area (Å²) in [5, 5.41) is 9.09. The largest absolute Gasteiger partial charge is 0.497 e. The molecule has 0 radical (unpaired) electrons. The Kier molecular flexibility index (Phi) is 2.94. The second-order valence-electron chi connectivity index (χ2n) is 5.18. The van der Waals surface area contributed by atoms with E-state index < -0.39 is 0 Å². The van der Waals surface area contributed by atoms with Gasteiger partial charge in [0.1, 0.15) is 17.0 Å². The smallest absolute Gasteiger partial charge is 0.276 e. The highest BCUT2D eigenvalue weighted by Crippen LogP contribution is 2.34. The predicted molar refractivity (Wildman–Crippen MR) is 83.0 cm³/mol. The van der Waals surface area contributed by atoms with Gasteiger partial charge in [-0.15, -0.1) is 0 Å². The van der Waals surface area contributed by atoms with Gasteiger partial charge in [-0.1, -0.05) is 5.16 Å². The van der Waals surface area contributed by atoms with Crippen molar-refractivity contribution in [3.8, 4) is 28.9 Å². The third kappa shape index (κ3) is 2.09. The number of hydrogen-bond donors (Lipinski definition) is 0. The van der Waals surface area contributed by atoms with Crippen molar-refractivity contribution in [1.82, 2.24) is 19.9 Å². The van der Waals surface area contributed by atoms with Crippen LogP contribution in [0.15, 0.2) is 39.4 Å². The first-order valence-electron chi connectivity index (χ1n) is 7.07. The molecule has 23 heavy (non-hydrogen) atoms. The first-order chi connectivity index (χ1) is 11.2. The van der Waals surface area contributed by atoms with Crippen LogP contribution in [0.3, 0.4) is 0 Å². The van der Waals surface area contributed by atoms with Gasteiger partial charge in [0, 0.05) is 24.2 Å². The maximum Gasteiger partial charge on any atom is 0.276 e. The molecular weight excluding hydrogens is 296 g/mol. The maximum absolute atomic E-state index is 5.88. The van der Waals surface area contributed by atoms with Gasteiger partial charge in [0.15, 0.2) is 5.76 Å². The molecule has 4 aromatic rings. The summed E-state index contributed by atoms with van der Waals surface area (Å²) in [5.41, 5.74) is 2.45. The Morgan fingerprint density at radius 1 is 1.22 bits per heavy atom. The first-order valence-corrected chi connectivity index (χ1v) is 7.07. The third-order valence-electron chi connectivity index (χ3n) is 3.81. The zero-order valence-corrected chi connectivity index (χ0v) is 12.9. The van der Waals surface area contributed by atoms with Crippen molar-refractivity contribution in [2.45, 2.75) is 6.92 Å². The summed E-state index contributed by atoms with van der Waals surface area (Å²) in [6, 6.07) is 7.46. The van der Waals surface area contributed by atoms with Crippen LogP contribution in [0, 0.1) is 6.92 Å². The molecule has 0 atom stereocenters. The van der Waals surface area contributed by atoms with Gasteiger partial charge in [0.2, 0.25) is 5.82 Å². The van der Waals surface area contributed by atoms with Gasteiger partial charge >= 0.3 is 0 Å². The van der Waals surface area contributed by atoms with Gasteiger partial charge in [-0.25, -0.2) is 0 Å². The highest BCUT2D eigenvalue weighted by molar-refractivity contribution is 5.87.